The first-order chi connectivity index (χ1) is 9.24. The van der Waals surface area contributed by atoms with Gasteiger partial charge in [0.1, 0.15) is 0 Å². The van der Waals surface area contributed by atoms with Crippen LogP contribution >= 0.6 is 0 Å². The fraction of sp³-hybridized carbons (Fsp3) is 0.889. The van der Waals surface area contributed by atoms with Crippen molar-refractivity contribution in [1.82, 2.24) is 0 Å². The quantitative estimate of drug-likeness (QED) is 0.237. The Labute approximate surface area is 127 Å². The van der Waals surface area contributed by atoms with Crippen molar-refractivity contribution in [1.29, 1.82) is 0 Å². The fourth-order valence-electron chi connectivity index (χ4n) is 2.95. The number of hydrogen-bond acceptors (Lipinski definition) is 0. The van der Waals surface area contributed by atoms with Crippen molar-refractivity contribution in [3.05, 3.63) is 12.2 Å². The molecule has 0 aliphatic carbocycles. The van der Waals surface area contributed by atoms with Gasteiger partial charge in [-0.25, -0.2) is 0 Å². The maximum atomic E-state index is 2.58. The van der Waals surface area contributed by atoms with Gasteiger partial charge >= 0.3 is 127 Å². The molecule has 0 saturated carbocycles. The average molecular weight is 373 g/mol. The second kappa shape index (κ2) is 13.5. The number of unbranched alkanes of at least 4 members (excludes halogenated alkanes) is 4. The van der Waals surface area contributed by atoms with Gasteiger partial charge in [0.15, 0.2) is 0 Å². The third-order valence-corrected chi connectivity index (χ3v) is 19.6. The SMILES string of the molecule is CCC/C=C/[CH2][Sn]([CH2]CCC)([CH2]CCC)[CH2]CCC. The molecule has 0 atom stereocenters. The molecular weight excluding hydrogens is 335 g/mol. The molecule has 0 amide bonds. The molecule has 0 bridgehead atoms. The van der Waals surface area contributed by atoms with E-state index in [4.69, 9.17) is 0 Å². The molecule has 0 nitrogen and oxygen atoms in total. The molecule has 0 aromatic heterocycles. The van der Waals surface area contributed by atoms with E-state index in [2.05, 4.69) is 39.8 Å². The Morgan fingerprint density at radius 2 is 1.11 bits per heavy atom. The van der Waals surface area contributed by atoms with Gasteiger partial charge in [0, 0.05) is 0 Å². The Kier molecular flexibility index (Phi) is 13.9. The van der Waals surface area contributed by atoms with Gasteiger partial charge in [-0.15, -0.1) is 0 Å². The summed E-state index contributed by atoms with van der Waals surface area (Å²) in [6.45, 7) is 9.38. The van der Waals surface area contributed by atoms with Crippen molar-refractivity contribution in [3.8, 4) is 0 Å². The minimum atomic E-state index is -1.82. The zero-order valence-corrected chi connectivity index (χ0v) is 17.0. The molecule has 0 heterocycles. The first-order valence-corrected chi connectivity index (χ1v) is 17.0. The molecule has 0 radical (unpaired) electrons. The van der Waals surface area contributed by atoms with Crippen molar-refractivity contribution >= 4 is 18.4 Å². The first-order valence-electron chi connectivity index (χ1n) is 8.89. The van der Waals surface area contributed by atoms with E-state index in [0.29, 0.717) is 0 Å². The van der Waals surface area contributed by atoms with Crippen molar-refractivity contribution in [2.45, 2.75) is 96.8 Å². The van der Waals surface area contributed by atoms with Crippen LogP contribution in [0.15, 0.2) is 12.2 Å². The van der Waals surface area contributed by atoms with Gasteiger partial charge in [-0.3, -0.25) is 0 Å². The van der Waals surface area contributed by atoms with Crippen LogP contribution in [0.3, 0.4) is 0 Å². The Balaban J connectivity index is 4.56. The van der Waals surface area contributed by atoms with Gasteiger partial charge in [-0.2, -0.15) is 0 Å². The van der Waals surface area contributed by atoms with Crippen LogP contribution in [0.1, 0.15) is 79.1 Å². The third-order valence-electron chi connectivity index (χ3n) is 4.35. The summed E-state index contributed by atoms with van der Waals surface area (Å²) in [5.41, 5.74) is 0. The Hall–Kier alpha value is 0.539. The molecule has 19 heavy (non-hydrogen) atoms. The van der Waals surface area contributed by atoms with Crippen molar-refractivity contribution in [2.24, 2.45) is 0 Å². The van der Waals surface area contributed by atoms with Crippen LogP contribution in [0.2, 0.25) is 17.7 Å². The van der Waals surface area contributed by atoms with E-state index in [1.807, 2.05) is 0 Å². The van der Waals surface area contributed by atoms with Gasteiger partial charge in [-0.05, 0) is 0 Å². The van der Waals surface area contributed by atoms with Crippen LogP contribution in [0.5, 0.6) is 0 Å². The maximum absolute atomic E-state index is 2.58. The van der Waals surface area contributed by atoms with Gasteiger partial charge in [0.25, 0.3) is 0 Å². The van der Waals surface area contributed by atoms with E-state index < -0.39 is 18.4 Å². The molecule has 0 saturated heterocycles. The first kappa shape index (κ1) is 19.5. The molecule has 0 N–H and O–H groups in total. The van der Waals surface area contributed by atoms with Gasteiger partial charge < -0.3 is 0 Å². The Morgan fingerprint density at radius 1 is 0.632 bits per heavy atom. The predicted molar refractivity (Wildman–Crippen MR) is 93.8 cm³/mol. The molecule has 0 spiro atoms. The minimum absolute atomic E-state index is 1.29. The summed E-state index contributed by atoms with van der Waals surface area (Å²) in [7, 11) is 0. The van der Waals surface area contributed by atoms with Crippen molar-refractivity contribution in [2.75, 3.05) is 0 Å². The topological polar surface area (TPSA) is 0 Å². The van der Waals surface area contributed by atoms with Gasteiger partial charge in [0.2, 0.25) is 0 Å². The summed E-state index contributed by atoms with van der Waals surface area (Å²) >= 11 is -1.82. The van der Waals surface area contributed by atoms with E-state index in [1.54, 1.807) is 13.3 Å². The number of hydrogen-bond donors (Lipinski definition) is 0. The second-order valence-electron chi connectivity index (χ2n) is 6.27. The van der Waals surface area contributed by atoms with Crippen molar-refractivity contribution in [3.63, 3.8) is 0 Å². The zero-order chi connectivity index (χ0) is 14.4. The molecule has 0 aromatic carbocycles. The van der Waals surface area contributed by atoms with Crippen molar-refractivity contribution < 1.29 is 0 Å². The average Bonchev–Trinajstić information content (AvgIpc) is 2.44. The normalized spacial score (nSPS) is 12.4. The summed E-state index contributed by atoms with van der Waals surface area (Å²) in [5.74, 6) is 0. The van der Waals surface area contributed by atoms with Gasteiger partial charge in [-0.1, -0.05) is 0 Å². The summed E-state index contributed by atoms with van der Waals surface area (Å²) in [6.07, 6.45) is 16.4. The monoisotopic (exact) mass is 374 g/mol. The summed E-state index contributed by atoms with van der Waals surface area (Å²) in [5, 5.41) is 0. The van der Waals surface area contributed by atoms with Crippen LogP contribution in [0.4, 0.5) is 0 Å². The van der Waals surface area contributed by atoms with E-state index in [1.165, 1.54) is 55.8 Å². The second-order valence-corrected chi connectivity index (χ2v) is 20.3. The summed E-state index contributed by atoms with van der Waals surface area (Å²) in [4.78, 5) is 0. The number of rotatable bonds is 13. The molecular formula is C18H38Sn. The van der Waals surface area contributed by atoms with Crippen LogP contribution in [-0.2, 0) is 0 Å². The van der Waals surface area contributed by atoms with E-state index in [9.17, 15) is 0 Å². The van der Waals surface area contributed by atoms with Crippen LogP contribution < -0.4 is 0 Å². The standard InChI is InChI=1S/C6H11.3C4H9.Sn/c1-3-5-6-4-2;3*1-3-4-2;/h3,5H,1,4,6H2,2H3;3*1,3-4H2,2H3;/b5-3+;;;;. The molecule has 0 rings (SSSR count). The molecule has 0 aromatic rings. The van der Waals surface area contributed by atoms with E-state index >= 15 is 0 Å². The molecule has 0 aliphatic heterocycles. The summed E-state index contributed by atoms with van der Waals surface area (Å²) < 4.78 is 6.50. The van der Waals surface area contributed by atoms with Crippen LogP contribution in [0.25, 0.3) is 0 Å². The molecule has 0 unspecified atom stereocenters. The van der Waals surface area contributed by atoms with Gasteiger partial charge in [0.05, 0.1) is 0 Å². The van der Waals surface area contributed by atoms with E-state index in [-0.39, 0.29) is 0 Å². The molecule has 0 aliphatic rings. The van der Waals surface area contributed by atoms with Crippen LogP contribution in [0, 0.1) is 0 Å². The fourth-order valence-corrected chi connectivity index (χ4v) is 18.2. The third kappa shape index (κ3) is 9.98. The Morgan fingerprint density at radius 3 is 1.47 bits per heavy atom. The van der Waals surface area contributed by atoms with E-state index in [0.717, 1.165) is 0 Å². The van der Waals surface area contributed by atoms with Crippen LogP contribution in [-0.4, -0.2) is 18.4 Å². The molecule has 0 fully saturated rings. The molecule has 1 heteroatoms. The summed E-state index contributed by atoms with van der Waals surface area (Å²) in [6, 6.07) is 0. The Bertz CT molecular complexity index is 186. The molecule has 114 valence electrons. The zero-order valence-electron chi connectivity index (χ0n) is 14.1. The number of allylic oxidation sites excluding steroid dienone is 2. The predicted octanol–water partition coefficient (Wildman–Crippen LogP) is 7.19.